The van der Waals surface area contributed by atoms with Crippen molar-refractivity contribution < 1.29 is 4.79 Å². The normalized spacial score (nSPS) is 10.9. The number of benzene rings is 1. The van der Waals surface area contributed by atoms with Gasteiger partial charge in [0.25, 0.3) is 5.91 Å². The summed E-state index contributed by atoms with van der Waals surface area (Å²) in [4.78, 5) is 13.8. The molecule has 0 aliphatic heterocycles. The molecule has 0 unspecified atom stereocenters. The largest absolute Gasteiger partial charge is 0.325 e. The van der Waals surface area contributed by atoms with E-state index in [1.54, 1.807) is 4.90 Å². The van der Waals surface area contributed by atoms with E-state index in [0.717, 1.165) is 6.42 Å². The zero-order valence-electron chi connectivity index (χ0n) is 12.2. The molecule has 0 atom stereocenters. The van der Waals surface area contributed by atoms with Gasteiger partial charge in [-0.3, -0.25) is 4.79 Å². The van der Waals surface area contributed by atoms with E-state index in [4.69, 9.17) is 5.26 Å². The summed E-state index contributed by atoms with van der Waals surface area (Å²) in [6, 6.07) is 9.72. The summed E-state index contributed by atoms with van der Waals surface area (Å²) in [7, 11) is 0. The molecule has 1 amide bonds. The maximum Gasteiger partial charge on any atom is 0.254 e. The van der Waals surface area contributed by atoms with Crippen LogP contribution in [0.3, 0.4) is 0 Å². The summed E-state index contributed by atoms with van der Waals surface area (Å²) in [5.41, 5.74) is 1.93. The van der Waals surface area contributed by atoms with Gasteiger partial charge in [-0.05, 0) is 29.5 Å². The summed E-state index contributed by atoms with van der Waals surface area (Å²) < 4.78 is 0. The highest BCUT2D eigenvalue weighted by atomic mass is 16.2. The molecular weight excluding hydrogens is 236 g/mol. The van der Waals surface area contributed by atoms with Gasteiger partial charge in [-0.1, -0.05) is 39.8 Å². The Labute approximate surface area is 115 Å². The summed E-state index contributed by atoms with van der Waals surface area (Å²) in [6.45, 7) is 9.19. The van der Waals surface area contributed by atoms with Crippen molar-refractivity contribution in [1.82, 2.24) is 4.90 Å². The molecule has 1 aromatic rings. The molecule has 0 spiro atoms. The first-order valence-corrected chi connectivity index (χ1v) is 6.67. The lowest BCUT2D eigenvalue weighted by Gasteiger charge is -2.21. The van der Waals surface area contributed by atoms with Crippen LogP contribution in [0.25, 0.3) is 0 Å². The molecule has 3 nitrogen and oxygen atoms in total. The molecule has 0 saturated heterocycles. The van der Waals surface area contributed by atoms with E-state index < -0.39 is 0 Å². The number of nitrogens with zero attached hydrogens (tertiary/aromatic N) is 2. The SMILES string of the molecule is CCCN(CC#N)C(=O)c1ccc(C(C)(C)C)cc1. The molecule has 3 heteroatoms. The molecule has 0 N–H and O–H groups in total. The van der Waals surface area contributed by atoms with Gasteiger partial charge in [0, 0.05) is 12.1 Å². The molecule has 0 heterocycles. The second kappa shape index (κ2) is 6.38. The number of nitriles is 1. The van der Waals surface area contributed by atoms with Crippen molar-refractivity contribution in [1.29, 1.82) is 5.26 Å². The second-order valence-electron chi connectivity index (χ2n) is 5.71. The standard InChI is InChI=1S/C16H22N2O/c1-5-11-18(12-10-17)15(19)13-6-8-14(9-7-13)16(2,3)4/h6-9H,5,11-12H2,1-4H3. The van der Waals surface area contributed by atoms with E-state index >= 15 is 0 Å². The van der Waals surface area contributed by atoms with Gasteiger partial charge in [-0.15, -0.1) is 0 Å². The second-order valence-corrected chi connectivity index (χ2v) is 5.71. The average Bonchev–Trinajstić information content (AvgIpc) is 2.37. The lowest BCUT2D eigenvalue weighted by atomic mass is 9.86. The van der Waals surface area contributed by atoms with E-state index in [-0.39, 0.29) is 17.9 Å². The number of rotatable bonds is 4. The number of hydrogen-bond acceptors (Lipinski definition) is 2. The Kier molecular flexibility index (Phi) is 5.11. The highest BCUT2D eigenvalue weighted by Gasteiger charge is 2.17. The first kappa shape index (κ1) is 15.2. The molecule has 0 radical (unpaired) electrons. The summed E-state index contributed by atoms with van der Waals surface area (Å²) in [5.74, 6) is -0.0659. The minimum atomic E-state index is -0.0659. The van der Waals surface area contributed by atoms with E-state index in [1.165, 1.54) is 5.56 Å². The fourth-order valence-corrected chi connectivity index (χ4v) is 1.90. The highest BCUT2D eigenvalue weighted by Crippen LogP contribution is 2.22. The zero-order chi connectivity index (χ0) is 14.5. The van der Waals surface area contributed by atoms with Crippen molar-refractivity contribution in [3.05, 3.63) is 35.4 Å². The Morgan fingerprint density at radius 1 is 1.26 bits per heavy atom. The third-order valence-corrected chi connectivity index (χ3v) is 3.04. The minimum absolute atomic E-state index is 0.0659. The predicted octanol–water partition coefficient (Wildman–Crippen LogP) is 3.36. The van der Waals surface area contributed by atoms with Crippen LogP contribution >= 0.6 is 0 Å². The lowest BCUT2D eigenvalue weighted by Crippen LogP contribution is -2.32. The Morgan fingerprint density at radius 3 is 2.26 bits per heavy atom. The fourth-order valence-electron chi connectivity index (χ4n) is 1.90. The van der Waals surface area contributed by atoms with Gasteiger partial charge in [-0.2, -0.15) is 5.26 Å². The molecule has 1 aromatic carbocycles. The van der Waals surface area contributed by atoms with Gasteiger partial charge >= 0.3 is 0 Å². The first-order chi connectivity index (χ1) is 8.90. The molecule has 0 aliphatic carbocycles. The first-order valence-electron chi connectivity index (χ1n) is 6.67. The molecule has 0 saturated carbocycles. The quantitative estimate of drug-likeness (QED) is 0.777. The van der Waals surface area contributed by atoms with Gasteiger partial charge in [-0.25, -0.2) is 0 Å². The molecule has 0 aliphatic rings. The Bertz CT molecular complexity index is 463. The third kappa shape index (κ3) is 4.10. The Morgan fingerprint density at radius 2 is 1.84 bits per heavy atom. The smallest absolute Gasteiger partial charge is 0.254 e. The van der Waals surface area contributed by atoms with Crippen LogP contribution in [0.2, 0.25) is 0 Å². The summed E-state index contributed by atoms with van der Waals surface area (Å²) >= 11 is 0. The molecule has 0 fully saturated rings. The number of carbonyl (C=O) groups excluding carboxylic acids is 1. The highest BCUT2D eigenvalue weighted by molar-refractivity contribution is 5.94. The van der Waals surface area contributed by atoms with Crippen LogP contribution in [0.1, 0.15) is 50.0 Å². The maximum absolute atomic E-state index is 12.3. The number of amides is 1. The van der Waals surface area contributed by atoms with Crippen molar-refractivity contribution in [3.63, 3.8) is 0 Å². The van der Waals surface area contributed by atoms with Crippen LogP contribution in [0.15, 0.2) is 24.3 Å². The van der Waals surface area contributed by atoms with E-state index in [2.05, 4.69) is 20.8 Å². The van der Waals surface area contributed by atoms with Crippen LogP contribution in [-0.2, 0) is 5.41 Å². The van der Waals surface area contributed by atoms with Crippen molar-refractivity contribution in [2.45, 2.75) is 39.5 Å². The molecule has 0 aromatic heterocycles. The molecule has 1 rings (SSSR count). The van der Waals surface area contributed by atoms with Crippen molar-refractivity contribution >= 4 is 5.91 Å². The number of carbonyl (C=O) groups is 1. The fraction of sp³-hybridized carbons (Fsp3) is 0.500. The summed E-state index contributed by atoms with van der Waals surface area (Å²) in [6.07, 6.45) is 0.855. The average molecular weight is 258 g/mol. The van der Waals surface area contributed by atoms with Crippen molar-refractivity contribution in [2.75, 3.05) is 13.1 Å². The van der Waals surface area contributed by atoms with Gasteiger partial charge in [0.15, 0.2) is 0 Å². The monoisotopic (exact) mass is 258 g/mol. The van der Waals surface area contributed by atoms with Gasteiger partial charge < -0.3 is 4.90 Å². The lowest BCUT2D eigenvalue weighted by molar-refractivity contribution is 0.0776. The van der Waals surface area contributed by atoms with Crippen molar-refractivity contribution in [2.24, 2.45) is 0 Å². The number of hydrogen-bond donors (Lipinski definition) is 0. The zero-order valence-corrected chi connectivity index (χ0v) is 12.2. The minimum Gasteiger partial charge on any atom is -0.325 e. The predicted molar refractivity (Wildman–Crippen MR) is 76.9 cm³/mol. The molecule has 0 bridgehead atoms. The van der Waals surface area contributed by atoms with E-state index in [1.807, 2.05) is 37.3 Å². The maximum atomic E-state index is 12.3. The molecule has 102 valence electrons. The van der Waals surface area contributed by atoms with Gasteiger partial charge in [0.05, 0.1) is 6.07 Å². The van der Waals surface area contributed by atoms with E-state index in [9.17, 15) is 4.79 Å². The van der Waals surface area contributed by atoms with Gasteiger partial charge in [0.2, 0.25) is 0 Å². The molecular formula is C16H22N2O. The van der Waals surface area contributed by atoms with E-state index in [0.29, 0.717) is 12.1 Å². The Balaban J connectivity index is 2.91. The third-order valence-electron chi connectivity index (χ3n) is 3.04. The van der Waals surface area contributed by atoms with Crippen molar-refractivity contribution in [3.8, 4) is 6.07 Å². The Hall–Kier alpha value is -1.82. The van der Waals surface area contributed by atoms with Gasteiger partial charge in [0.1, 0.15) is 6.54 Å². The topological polar surface area (TPSA) is 44.1 Å². The van der Waals surface area contributed by atoms with Crippen LogP contribution in [0.5, 0.6) is 0 Å². The van der Waals surface area contributed by atoms with Crippen LogP contribution in [-0.4, -0.2) is 23.9 Å². The summed E-state index contributed by atoms with van der Waals surface area (Å²) in [5, 5.41) is 8.77. The van der Waals surface area contributed by atoms with Crippen LogP contribution < -0.4 is 0 Å². The van der Waals surface area contributed by atoms with Crippen LogP contribution in [0.4, 0.5) is 0 Å². The molecule has 19 heavy (non-hydrogen) atoms. The van der Waals surface area contributed by atoms with Crippen LogP contribution in [0, 0.1) is 11.3 Å².